The topological polar surface area (TPSA) is 72.5 Å². The first-order valence-electron chi connectivity index (χ1n) is 8.05. The summed E-state index contributed by atoms with van der Waals surface area (Å²) in [7, 11) is -3.79. The summed E-state index contributed by atoms with van der Waals surface area (Å²) < 4.78 is 32.4. The lowest BCUT2D eigenvalue weighted by Gasteiger charge is -2.13. The molecule has 1 atom stereocenters. The molecule has 146 valence electrons. The second kappa shape index (κ2) is 9.75. The predicted octanol–water partition coefficient (Wildman–Crippen LogP) is 4.60. The van der Waals surface area contributed by atoms with Crippen LogP contribution in [-0.4, -0.2) is 27.4 Å². The Morgan fingerprint density at radius 2 is 1.81 bits per heavy atom. The summed E-state index contributed by atoms with van der Waals surface area (Å²) in [6.45, 7) is 1.66. The Morgan fingerprint density at radius 1 is 1.11 bits per heavy atom. The molecule has 0 aromatic heterocycles. The second-order valence-corrected chi connectivity index (χ2v) is 8.83. The second-order valence-electron chi connectivity index (χ2n) is 5.85. The van der Waals surface area contributed by atoms with Crippen molar-refractivity contribution < 1.29 is 17.9 Å². The van der Waals surface area contributed by atoms with Gasteiger partial charge in [0.1, 0.15) is 17.3 Å². The van der Waals surface area contributed by atoms with Crippen LogP contribution >= 0.6 is 34.8 Å². The molecule has 0 saturated carbocycles. The van der Waals surface area contributed by atoms with Gasteiger partial charge in [-0.3, -0.25) is 4.79 Å². The zero-order valence-corrected chi connectivity index (χ0v) is 17.5. The van der Waals surface area contributed by atoms with Gasteiger partial charge in [-0.05, 0) is 36.8 Å². The Bertz CT molecular complexity index is 919. The molecule has 1 unspecified atom stereocenters. The van der Waals surface area contributed by atoms with Gasteiger partial charge in [-0.2, -0.15) is 0 Å². The maximum absolute atomic E-state index is 12.3. The van der Waals surface area contributed by atoms with E-state index in [9.17, 15) is 13.2 Å². The van der Waals surface area contributed by atoms with Gasteiger partial charge in [-0.1, -0.05) is 53.9 Å². The number of hydrogen-bond donors (Lipinski definition) is 1. The number of sulfonamides is 1. The Balaban J connectivity index is 1.85. The third-order valence-electron chi connectivity index (χ3n) is 3.81. The number of halogens is 3. The Kier molecular flexibility index (Phi) is 7.94. The highest BCUT2D eigenvalue weighted by molar-refractivity contribution is 7.89. The van der Waals surface area contributed by atoms with Gasteiger partial charge >= 0.3 is 0 Å². The fraction of sp³-hybridized carbons (Fsp3) is 0.278. The van der Waals surface area contributed by atoms with E-state index in [4.69, 9.17) is 39.5 Å². The lowest BCUT2D eigenvalue weighted by atomic mass is 10.0. The third-order valence-corrected chi connectivity index (χ3v) is 6.30. The normalized spacial score (nSPS) is 12.6. The van der Waals surface area contributed by atoms with Crippen molar-refractivity contribution in [3.63, 3.8) is 0 Å². The molecule has 5 nitrogen and oxygen atoms in total. The summed E-state index contributed by atoms with van der Waals surface area (Å²) >= 11 is 17.7. The number of benzene rings is 2. The Labute approximate surface area is 173 Å². The monoisotopic (exact) mass is 449 g/mol. The first-order chi connectivity index (χ1) is 12.7. The molecule has 0 saturated heterocycles. The molecule has 0 aliphatic rings. The summed E-state index contributed by atoms with van der Waals surface area (Å²) in [5.41, 5.74) is 0. The van der Waals surface area contributed by atoms with Crippen LogP contribution in [0.4, 0.5) is 0 Å². The smallest absolute Gasteiger partial charge is 0.242 e. The molecule has 0 aliphatic heterocycles. The van der Waals surface area contributed by atoms with Crippen molar-refractivity contribution in [2.24, 2.45) is 5.92 Å². The van der Waals surface area contributed by atoms with Crippen LogP contribution in [0.1, 0.15) is 13.3 Å². The number of rotatable bonds is 9. The van der Waals surface area contributed by atoms with E-state index in [1.54, 1.807) is 31.2 Å². The molecule has 27 heavy (non-hydrogen) atoms. The molecule has 2 rings (SSSR count). The number of para-hydroxylation sites is 1. The van der Waals surface area contributed by atoms with E-state index in [1.807, 2.05) is 0 Å². The molecule has 0 fully saturated rings. The molecule has 0 spiro atoms. The van der Waals surface area contributed by atoms with Crippen LogP contribution < -0.4 is 9.46 Å². The van der Waals surface area contributed by atoms with Gasteiger partial charge in [-0.15, -0.1) is 0 Å². The molecule has 9 heteroatoms. The average molecular weight is 451 g/mol. The van der Waals surface area contributed by atoms with Crippen molar-refractivity contribution >= 4 is 50.6 Å². The predicted molar refractivity (Wildman–Crippen MR) is 107 cm³/mol. The van der Waals surface area contributed by atoms with Gasteiger partial charge in [0.2, 0.25) is 10.0 Å². The van der Waals surface area contributed by atoms with E-state index in [2.05, 4.69) is 4.72 Å². The summed E-state index contributed by atoms with van der Waals surface area (Å²) in [6, 6.07) is 11.0. The standard InChI is InChI=1S/C18H18Cl3NO4S/c1-12(16(23)11-26-17-5-3-2-4-14(17)20)8-9-22-27(24,25)18-7-6-13(19)10-15(18)21/h2-7,10,12,22H,8-9,11H2,1H3. The summed E-state index contributed by atoms with van der Waals surface area (Å²) in [4.78, 5) is 12.1. The molecule has 1 N–H and O–H groups in total. The highest BCUT2D eigenvalue weighted by Crippen LogP contribution is 2.25. The summed E-state index contributed by atoms with van der Waals surface area (Å²) in [5.74, 6) is -0.118. The first kappa shape index (κ1) is 22.0. The Hall–Kier alpha value is -1.31. The molecule has 0 bridgehead atoms. The van der Waals surface area contributed by atoms with E-state index >= 15 is 0 Å². The van der Waals surface area contributed by atoms with Gasteiger partial charge in [-0.25, -0.2) is 13.1 Å². The van der Waals surface area contributed by atoms with E-state index in [0.717, 1.165) is 0 Å². The van der Waals surface area contributed by atoms with Crippen molar-refractivity contribution in [1.29, 1.82) is 0 Å². The quantitative estimate of drug-likeness (QED) is 0.606. The van der Waals surface area contributed by atoms with E-state index in [-0.39, 0.29) is 28.9 Å². The van der Waals surface area contributed by atoms with Gasteiger partial charge in [0.15, 0.2) is 5.78 Å². The summed E-state index contributed by atoms with van der Waals surface area (Å²) in [6.07, 6.45) is 0.315. The molecule has 0 radical (unpaired) electrons. The molecule has 0 heterocycles. The minimum atomic E-state index is -3.79. The molecule has 2 aromatic carbocycles. The SMILES string of the molecule is CC(CCNS(=O)(=O)c1ccc(Cl)cc1Cl)C(=O)COc1ccccc1Cl. The molecule has 0 amide bonds. The van der Waals surface area contributed by atoms with Gasteiger partial charge in [0, 0.05) is 17.5 Å². The fourth-order valence-electron chi connectivity index (χ4n) is 2.19. The maximum Gasteiger partial charge on any atom is 0.242 e. The molecular formula is C18H18Cl3NO4S. The lowest BCUT2D eigenvalue weighted by molar-refractivity contribution is -0.124. The van der Waals surface area contributed by atoms with E-state index < -0.39 is 15.9 Å². The van der Waals surface area contributed by atoms with Crippen LogP contribution in [-0.2, 0) is 14.8 Å². The largest absolute Gasteiger partial charge is 0.484 e. The number of ether oxygens (including phenoxy) is 1. The summed E-state index contributed by atoms with van der Waals surface area (Å²) in [5, 5.41) is 0.800. The molecular weight excluding hydrogens is 433 g/mol. The number of hydrogen-bond acceptors (Lipinski definition) is 4. The minimum absolute atomic E-state index is 0.0345. The highest BCUT2D eigenvalue weighted by Gasteiger charge is 2.20. The van der Waals surface area contributed by atoms with Crippen molar-refractivity contribution in [3.8, 4) is 5.75 Å². The first-order valence-corrected chi connectivity index (χ1v) is 10.7. The van der Waals surface area contributed by atoms with Crippen LogP contribution in [0.15, 0.2) is 47.4 Å². The molecule has 0 aliphatic carbocycles. The maximum atomic E-state index is 12.3. The lowest BCUT2D eigenvalue weighted by Crippen LogP contribution is -2.28. The number of ketones is 1. The fourth-order valence-corrected chi connectivity index (χ4v) is 4.20. The van der Waals surface area contributed by atoms with Crippen LogP contribution in [0.2, 0.25) is 15.1 Å². The average Bonchev–Trinajstić information content (AvgIpc) is 2.60. The number of nitrogens with one attached hydrogen (secondary N) is 1. The van der Waals surface area contributed by atoms with Crippen LogP contribution in [0.5, 0.6) is 5.75 Å². The Morgan fingerprint density at radius 3 is 2.48 bits per heavy atom. The number of Topliss-reactive ketones (excluding diaryl/α,β-unsaturated/α-hetero) is 1. The minimum Gasteiger partial charge on any atom is -0.484 e. The van der Waals surface area contributed by atoms with Gasteiger partial charge < -0.3 is 4.74 Å². The van der Waals surface area contributed by atoms with Crippen molar-refractivity contribution in [2.45, 2.75) is 18.2 Å². The van der Waals surface area contributed by atoms with Crippen molar-refractivity contribution in [3.05, 3.63) is 57.5 Å². The van der Waals surface area contributed by atoms with Crippen LogP contribution in [0, 0.1) is 5.92 Å². The highest BCUT2D eigenvalue weighted by atomic mass is 35.5. The van der Waals surface area contributed by atoms with E-state index in [1.165, 1.54) is 18.2 Å². The van der Waals surface area contributed by atoms with Crippen LogP contribution in [0.3, 0.4) is 0 Å². The number of carbonyl (C=O) groups excluding carboxylic acids is 1. The zero-order chi connectivity index (χ0) is 20.0. The number of carbonyl (C=O) groups is 1. The van der Waals surface area contributed by atoms with Crippen LogP contribution in [0.25, 0.3) is 0 Å². The van der Waals surface area contributed by atoms with Gasteiger partial charge in [0.25, 0.3) is 0 Å². The third kappa shape index (κ3) is 6.36. The van der Waals surface area contributed by atoms with Gasteiger partial charge in [0.05, 0.1) is 10.0 Å². The zero-order valence-electron chi connectivity index (χ0n) is 14.4. The molecule has 2 aromatic rings. The van der Waals surface area contributed by atoms with Crippen molar-refractivity contribution in [2.75, 3.05) is 13.2 Å². The van der Waals surface area contributed by atoms with E-state index in [0.29, 0.717) is 22.2 Å². The van der Waals surface area contributed by atoms with Crippen molar-refractivity contribution in [1.82, 2.24) is 4.72 Å².